The first kappa shape index (κ1) is 41.3. The van der Waals surface area contributed by atoms with Crippen molar-refractivity contribution in [2.24, 2.45) is 0 Å². The van der Waals surface area contributed by atoms with E-state index in [9.17, 15) is 14.7 Å². The number of rotatable bonds is 18. The van der Waals surface area contributed by atoms with Crippen molar-refractivity contribution in [2.75, 3.05) is 6.61 Å². The summed E-state index contributed by atoms with van der Waals surface area (Å²) >= 11 is 0. The summed E-state index contributed by atoms with van der Waals surface area (Å²) in [6.45, 7) is 6.33. The highest BCUT2D eigenvalue weighted by Gasteiger charge is 2.50. The molecule has 1 amide bonds. The number of nitrogens with one attached hydrogen (secondary N) is 1. The molecule has 0 radical (unpaired) electrons. The number of carboxylic acids is 1. The van der Waals surface area contributed by atoms with Gasteiger partial charge in [0.15, 0.2) is 0 Å². The van der Waals surface area contributed by atoms with Crippen LogP contribution in [0.3, 0.4) is 0 Å². The predicted molar refractivity (Wildman–Crippen MR) is 210 cm³/mol. The summed E-state index contributed by atoms with van der Waals surface area (Å²) in [5.41, 5.74) is 3.41. The molecule has 300 valence electrons. The van der Waals surface area contributed by atoms with Crippen LogP contribution in [0, 0.1) is 0 Å². The van der Waals surface area contributed by atoms with Gasteiger partial charge in [0.05, 0.1) is 33.0 Å². The second-order valence-electron chi connectivity index (χ2n) is 14.8. The fourth-order valence-corrected chi connectivity index (χ4v) is 6.44. The van der Waals surface area contributed by atoms with E-state index in [1.807, 2.05) is 121 Å². The number of aliphatic carboxylic acids is 1. The van der Waals surface area contributed by atoms with Crippen LogP contribution in [0.4, 0.5) is 4.79 Å². The molecule has 2 N–H and O–H groups in total. The maximum atomic E-state index is 12.5. The second kappa shape index (κ2) is 20.2. The number of nitrogens with zero attached hydrogens (tertiary/aromatic N) is 1. The van der Waals surface area contributed by atoms with E-state index in [2.05, 4.69) is 10.5 Å². The smallest absolute Gasteiger partial charge is 0.408 e. The standard InChI is InChI=1S/C45H50N2O10/c1-45(2,3)56-44(50)46-37(43(48)49)25-35-24-36(47-57-35)39-41(53-28-33-20-12-6-13-21-33)42(54-29-34-22-14-7-15-23-34)40(52-27-32-18-10-5-11-19-32)38(55-39)30-51-26-31-16-8-4-9-17-31/h4-24,37-42H,25-30H2,1-3H3,(H,46,50)(H,48,49)/t37-,38+,39-,40+,41-,42-/m0/s1. The number of benzene rings is 4. The van der Waals surface area contributed by atoms with Crippen LogP contribution in [0.2, 0.25) is 0 Å². The van der Waals surface area contributed by atoms with Crippen LogP contribution in [0.25, 0.3) is 0 Å². The Morgan fingerprint density at radius 3 is 1.67 bits per heavy atom. The van der Waals surface area contributed by atoms with Crippen LogP contribution in [-0.4, -0.2) is 65.0 Å². The maximum Gasteiger partial charge on any atom is 0.408 e. The van der Waals surface area contributed by atoms with E-state index in [0.717, 1.165) is 22.3 Å². The van der Waals surface area contributed by atoms with E-state index in [4.69, 9.17) is 32.9 Å². The summed E-state index contributed by atoms with van der Waals surface area (Å²) in [5, 5.41) is 16.8. The Morgan fingerprint density at radius 2 is 1.18 bits per heavy atom. The lowest BCUT2D eigenvalue weighted by Gasteiger charge is -2.45. The summed E-state index contributed by atoms with van der Waals surface area (Å²) in [6.07, 6.45) is -4.75. The van der Waals surface area contributed by atoms with Gasteiger partial charge in [-0.3, -0.25) is 0 Å². The third-order valence-corrected chi connectivity index (χ3v) is 9.15. The third kappa shape index (κ3) is 12.6. The third-order valence-electron chi connectivity index (χ3n) is 9.15. The summed E-state index contributed by atoms with van der Waals surface area (Å²) < 4.78 is 44.5. The Balaban J connectivity index is 1.33. The monoisotopic (exact) mass is 778 g/mol. The molecular weight excluding hydrogens is 728 g/mol. The highest BCUT2D eigenvalue weighted by atomic mass is 16.6. The summed E-state index contributed by atoms with van der Waals surface area (Å²) in [4.78, 5) is 24.8. The molecule has 57 heavy (non-hydrogen) atoms. The molecule has 1 aliphatic rings. The summed E-state index contributed by atoms with van der Waals surface area (Å²) in [6, 6.07) is 39.6. The largest absolute Gasteiger partial charge is 0.480 e. The van der Waals surface area contributed by atoms with E-state index in [1.54, 1.807) is 26.8 Å². The van der Waals surface area contributed by atoms with Crippen LogP contribution in [0.1, 0.15) is 60.6 Å². The molecule has 0 spiro atoms. The first-order chi connectivity index (χ1) is 27.6. The molecule has 12 nitrogen and oxygen atoms in total. The molecule has 6 rings (SSSR count). The van der Waals surface area contributed by atoms with Gasteiger partial charge in [0.25, 0.3) is 0 Å². The van der Waals surface area contributed by atoms with Crippen molar-refractivity contribution < 1.29 is 47.6 Å². The van der Waals surface area contributed by atoms with Gasteiger partial charge in [-0.1, -0.05) is 126 Å². The van der Waals surface area contributed by atoms with E-state index in [-0.39, 0.29) is 38.6 Å². The van der Waals surface area contributed by atoms with Gasteiger partial charge in [0.2, 0.25) is 0 Å². The highest BCUT2D eigenvalue weighted by molar-refractivity contribution is 5.80. The molecule has 2 heterocycles. The number of carboxylic acid groups (broad SMARTS) is 1. The molecule has 0 saturated carbocycles. The number of alkyl carbamates (subject to hydrolysis) is 1. The molecule has 4 aromatic carbocycles. The number of carbonyl (C=O) groups excluding carboxylic acids is 1. The van der Waals surface area contributed by atoms with Crippen molar-refractivity contribution in [2.45, 2.75) is 95.8 Å². The van der Waals surface area contributed by atoms with Crippen molar-refractivity contribution in [1.29, 1.82) is 0 Å². The molecule has 1 aromatic heterocycles. The van der Waals surface area contributed by atoms with E-state index < -0.39 is 54.2 Å². The zero-order chi connectivity index (χ0) is 40.0. The number of carbonyl (C=O) groups is 2. The van der Waals surface area contributed by atoms with Crippen molar-refractivity contribution in [3.8, 4) is 0 Å². The van der Waals surface area contributed by atoms with Crippen LogP contribution in [0.15, 0.2) is 132 Å². The lowest BCUT2D eigenvalue weighted by molar-refractivity contribution is -0.276. The first-order valence-electron chi connectivity index (χ1n) is 19.0. The average molecular weight is 779 g/mol. The number of hydrogen-bond donors (Lipinski definition) is 2. The minimum Gasteiger partial charge on any atom is -0.480 e. The zero-order valence-corrected chi connectivity index (χ0v) is 32.4. The molecule has 0 bridgehead atoms. The molecule has 1 saturated heterocycles. The Hall–Kier alpha value is -5.37. The van der Waals surface area contributed by atoms with Crippen molar-refractivity contribution >= 4 is 12.1 Å². The Bertz CT molecular complexity index is 1950. The Labute approximate surface area is 333 Å². The fourth-order valence-electron chi connectivity index (χ4n) is 6.44. The van der Waals surface area contributed by atoms with Gasteiger partial charge in [0, 0.05) is 12.5 Å². The van der Waals surface area contributed by atoms with Crippen LogP contribution in [0.5, 0.6) is 0 Å². The molecule has 6 atom stereocenters. The minimum atomic E-state index is -1.35. The summed E-state index contributed by atoms with van der Waals surface area (Å²) in [5.74, 6) is -1.06. The predicted octanol–water partition coefficient (Wildman–Crippen LogP) is 7.61. The number of amides is 1. The molecule has 0 aliphatic carbocycles. The normalized spacial score (nSPS) is 20.1. The van der Waals surface area contributed by atoms with Crippen molar-refractivity contribution in [3.63, 3.8) is 0 Å². The molecule has 5 aromatic rings. The second-order valence-corrected chi connectivity index (χ2v) is 14.8. The van der Waals surface area contributed by atoms with Crippen molar-refractivity contribution in [3.05, 3.63) is 161 Å². The highest BCUT2D eigenvalue weighted by Crippen LogP contribution is 2.38. The average Bonchev–Trinajstić information content (AvgIpc) is 3.67. The van der Waals surface area contributed by atoms with Crippen LogP contribution in [-0.2, 0) is 66.1 Å². The topological polar surface area (TPSA) is 148 Å². The molecule has 0 unspecified atom stereocenters. The summed E-state index contributed by atoms with van der Waals surface area (Å²) in [7, 11) is 0. The first-order valence-corrected chi connectivity index (χ1v) is 19.0. The zero-order valence-electron chi connectivity index (χ0n) is 32.4. The minimum absolute atomic E-state index is 0.146. The van der Waals surface area contributed by atoms with Crippen LogP contribution < -0.4 is 5.32 Å². The van der Waals surface area contributed by atoms with Crippen LogP contribution >= 0.6 is 0 Å². The SMILES string of the molecule is CC(C)(C)OC(=O)N[C@@H](Cc1cc([C@@H]2O[C@H](COCc3ccccc3)[C@@H](OCc3ccccc3)[C@H](OCc3ccccc3)[C@H]2OCc2ccccc2)no1)C(=O)O. The maximum absolute atomic E-state index is 12.5. The molecular formula is C45H50N2O10. The van der Waals surface area contributed by atoms with Gasteiger partial charge >= 0.3 is 12.1 Å². The van der Waals surface area contributed by atoms with Gasteiger partial charge < -0.3 is 43.4 Å². The Kier molecular flexibility index (Phi) is 14.6. The number of hydrogen-bond acceptors (Lipinski definition) is 10. The lowest BCUT2D eigenvalue weighted by atomic mass is 9.92. The van der Waals surface area contributed by atoms with Gasteiger partial charge in [-0.25, -0.2) is 9.59 Å². The molecule has 12 heteroatoms. The van der Waals surface area contributed by atoms with Crippen molar-refractivity contribution in [1.82, 2.24) is 10.5 Å². The van der Waals surface area contributed by atoms with Gasteiger partial charge in [-0.05, 0) is 43.0 Å². The van der Waals surface area contributed by atoms with Gasteiger partial charge in [-0.15, -0.1) is 0 Å². The van der Waals surface area contributed by atoms with E-state index in [1.165, 1.54) is 0 Å². The quantitative estimate of drug-likeness (QED) is 0.0906. The van der Waals surface area contributed by atoms with Gasteiger partial charge in [0.1, 0.15) is 53.6 Å². The molecule has 1 aliphatic heterocycles. The number of aromatic nitrogens is 1. The Morgan fingerprint density at radius 1 is 0.702 bits per heavy atom. The molecule has 1 fully saturated rings. The van der Waals surface area contributed by atoms with E-state index >= 15 is 0 Å². The van der Waals surface area contributed by atoms with E-state index in [0.29, 0.717) is 12.3 Å². The lowest BCUT2D eigenvalue weighted by Crippen LogP contribution is -2.58. The fraction of sp³-hybridized carbons (Fsp3) is 0.356. The number of ether oxygens (including phenoxy) is 6. The van der Waals surface area contributed by atoms with Gasteiger partial charge in [-0.2, -0.15) is 0 Å².